The zero-order valence-corrected chi connectivity index (χ0v) is 10.4. The molecular weight excluding hydrogens is 262 g/mol. The first-order valence-electron chi connectivity index (χ1n) is 5.80. The molecule has 0 unspecified atom stereocenters. The minimum atomic E-state index is -0.590. The molecule has 1 N–H and O–H groups in total. The molecule has 1 aromatic carbocycles. The Labute approximate surface area is 112 Å². The second kappa shape index (κ2) is 4.30. The van der Waals surface area contributed by atoms with E-state index in [1.165, 1.54) is 13.1 Å². The van der Waals surface area contributed by atoms with Gasteiger partial charge in [-0.05, 0) is 12.1 Å². The van der Waals surface area contributed by atoms with E-state index in [0.29, 0.717) is 11.0 Å². The average molecular weight is 271 g/mol. The fourth-order valence-electron chi connectivity index (χ4n) is 2.04. The first-order chi connectivity index (χ1) is 9.61. The molecule has 0 atom stereocenters. The Morgan fingerprint density at radius 3 is 2.75 bits per heavy atom. The third kappa shape index (κ3) is 1.68. The molecule has 0 fully saturated rings. The van der Waals surface area contributed by atoms with Gasteiger partial charge >= 0.3 is 5.69 Å². The number of rotatable bonds is 2. The van der Waals surface area contributed by atoms with Crippen LogP contribution in [0.25, 0.3) is 22.1 Å². The minimum Gasteiger partial charge on any atom is -0.437 e. The predicted molar refractivity (Wildman–Crippen MR) is 74.0 cm³/mol. The molecule has 0 bridgehead atoms. The Balaban J connectivity index is 2.50. The molecule has 2 heterocycles. The molecule has 7 nitrogen and oxygen atoms in total. The molecule has 0 aliphatic rings. The van der Waals surface area contributed by atoms with E-state index in [0.717, 1.165) is 0 Å². The Morgan fingerprint density at radius 1 is 1.30 bits per heavy atom. The Kier molecular flexibility index (Phi) is 2.60. The van der Waals surface area contributed by atoms with Gasteiger partial charge in [0.05, 0.1) is 15.7 Å². The van der Waals surface area contributed by atoms with Crippen molar-refractivity contribution >= 4 is 33.6 Å². The maximum atomic E-state index is 12.3. The van der Waals surface area contributed by atoms with Crippen molar-refractivity contribution in [2.75, 3.05) is 12.4 Å². The van der Waals surface area contributed by atoms with E-state index in [-0.39, 0.29) is 28.0 Å². The topological polar surface area (TPSA) is 98.3 Å². The summed E-state index contributed by atoms with van der Waals surface area (Å²) < 4.78 is 5.53. The van der Waals surface area contributed by atoms with Crippen LogP contribution in [-0.2, 0) is 0 Å². The molecular formula is C13H9N3O4. The molecule has 0 aliphatic carbocycles. The van der Waals surface area contributed by atoms with Gasteiger partial charge in [-0.3, -0.25) is 14.9 Å². The highest BCUT2D eigenvalue weighted by atomic mass is 16.6. The number of fused-ring (bicyclic) bond motifs is 2. The van der Waals surface area contributed by atoms with Crippen LogP contribution in [0.3, 0.4) is 0 Å². The van der Waals surface area contributed by atoms with Crippen LogP contribution < -0.4 is 10.7 Å². The molecule has 0 spiro atoms. The summed E-state index contributed by atoms with van der Waals surface area (Å²) in [5, 5.41) is 14.1. The molecule has 100 valence electrons. The maximum absolute atomic E-state index is 12.3. The lowest BCUT2D eigenvalue weighted by atomic mass is 10.2. The van der Waals surface area contributed by atoms with Crippen LogP contribution in [0, 0.1) is 10.1 Å². The van der Waals surface area contributed by atoms with Crippen molar-refractivity contribution in [2.24, 2.45) is 0 Å². The molecule has 0 amide bonds. The first kappa shape index (κ1) is 12.1. The quantitative estimate of drug-likeness (QED) is 0.436. The number of hydrogen-bond donors (Lipinski definition) is 1. The Hall–Kier alpha value is -2.96. The van der Waals surface area contributed by atoms with Crippen LogP contribution >= 0.6 is 0 Å². The van der Waals surface area contributed by atoms with Gasteiger partial charge in [0.1, 0.15) is 5.58 Å². The van der Waals surface area contributed by atoms with Crippen molar-refractivity contribution in [2.45, 2.75) is 0 Å². The number of pyridine rings is 1. The first-order valence-corrected chi connectivity index (χ1v) is 5.80. The van der Waals surface area contributed by atoms with Gasteiger partial charge in [-0.25, -0.2) is 0 Å². The third-order valence-electron chi connectivity index (χ3n) is 2.98. The predicted octanol–water partition coefficient (Wildman–Crippen LogP) is 2.29. The van der Waals surface area contributed by atoms with Crippen molar-refractivity contribution in [1.82, 2.24) is 4.98 Å². The third-order valence-corrected chi connectivity index (χ3v) is 2.98. The van der Waals surface area contributed by atoms with Crippen molar-refractivity contribution in [3.8, 4) is 0 Å². The molecule has 0 saturated carbocycles. The summed E-state index contributed by atoms with van der Waals surface area (Å²) in [7, 11) is 1.51. The van der Waals surface area contributed by atoms with Gasteiger partial charge in [-0.1, -0.05) is 12.1 Å². The molecule has 0 radical (unpaired) electrons. The molecule has 0 saturated heterocycles. The number of hydrogen-bond acceptors (Lipinski definition) is 6. The normalized spacial score (nSPS) is 10.8. The van der Waals surface area contributed by atoms with Crippen LogP contribution in [0.1, 0.15) is 0 Å². The monoisotopic (exact) mass is 271 g/mol. The van der Waals surface area contributed by atoms with E-state index in [1.807, 2.05) is 0 Å². The summed E-state index contributed by atoms with van der Waals surface area (Å²) in [5.41, 5.74) is -0.125. The van der Waals surface area contributed by atoms with Gasteiger partial charge in [0, 0.05) is 13.1 Å². The van der Waals surface area contributed by atoms with Crippen LogP contribution in [0.5, 0.6) is 0 Å². The summed E-state index contributed by atoms with van der Waals surface area (Å²) >= 11 is 0. The van der Waals surface area contributed by atoms with Crippen molar-refractivity contribution in [3.63, 3.8) is 0 Å². The Bertz CT molecular complexity index is 901. The van der Waals surface area contributed by atoms with Gasteiger partial charge in [0.25, 0.3) is 0 Å². The van der Waals surface area contributed by atoms with Gasteiger partial charge in [0.2, 0.25) is 17.0 Å². The highest BCUT2D eigenvalue weighted by molar-refractivity contribution is 5.90. The summed E-state index contributed by atoms with van der Waals surface area (Å²) in [6, 6.07) is 7.89. The van der Waals surface area contributed by atoms with Crippen molar-refractivity contribution < 1.29 is 9.34 Å². The smallest absolute Gasteiger partial charge is 0.312 e. The lowest BCUT2D eigenvalue weighted by Gasteiger charge is -2.04. The molecule has 2 aromatic heterocycles. The number of aromatic nitrogens is 1. The minimum absolute atomic E-state index is 0.0564. The molecule has 0 aliphatic heterocycles. The summed E-state index contributed by atoms with van der Waals surface area (Å²) in [6.45, 7) is 0. The average Bonchev–Trinajstić information content (AvgIpc) is 2.46. The summed E-state index contributed by atoms with van der Waals surface area (Å²) in [4.78, 5) is 26.7. The summed E-state index contributed by atoms with van der Waals surface area (Å²) in [6.07, 6.45) is 0. The molecule has 20 heavy (non-hydrogen) atoms. The maximum Gasteiger partial charge on any atom is 0.312 e. The molecule has 3 aromatic rings. The SMILES string of the molecule is CNc1nc2oc3ccccc3c(=O)c2cc1[N+](=O)[O-]. The number of benzene rings is 1. The lowest BCUT2D eigenvalue weighted by molar-refractivity contribution is -0.384. The second-order valence-corrected chi connectivity index (χ2v) is 4.14. The zero-order chi connectivity index (χ0) is 14.3. The van der Waals surface area contributed by atoms with E-state index < -0.39 is 4.92 Å². The van der Waals surface area contributed by atoms with E-state index in [4.69, 9.17) is 4.42 Å². The number of para-hydroxylation sites is 1. The fourth-order valence-corrected chi connectivity index (χ4v) is 2.04. The highest BCUT2D eigenvalue weighted by Gasteiger charge is 2.19. The van der Waals surface area contributed by atoms with Gasteiger partial charge in [-0.2, -0.15) is 4.98 Å². The van der Waals surface area contributed by atoms with E-state index >= 15 is 0 Å². The van der Waals surface area contributed by atoms with Crippen LogP contribution in [0.2, 0.25) is 0 Å². The van der Waals surface area contributed by atoms with Crippen LogP contribution in [0.4, 0.5) is 11.5 Å². The van der Waals surface area contributed by atoms with E-state index in [9.17, 15) is 14.9 Å². The largest absolute Gasteiger partial charge is 0.437 e. The summed E-state index contributed by atoms with van der Waals surface area (Å²) in [5.74, 6) is 0.0564. The lowest BCUT2D eigenvalue weighted by Crippen LogP contribution is -2.06. The van der Waals surface area contributed by atoms with Gasteiger partial charge < -0.3 is 9.73 Å². The standard InChI is InChI=1S/C13H9N3O4/c1-14-12-9(16(18)19)6-8-11(17)7-4-2-3-5-10(7)20-13(8)15-12/h2-6H,1H3,(H,14,15). The number of anilines is 1. The fraction of sp³-hybridized carbons (Fsp3) is 0.0769. The van der Waals surface area contributed by atoms with Crippen LogP contribution in [-0.4, -0.2) is 17.0 Å². The van der Waals surface area contributed by atoms with Crippen molar-refractivity contribution in [1.29, 1.82) is 0 Å². The highest BCUT2D eigenvalue weighted by Crippen LogP contribution is 2.26. The van der Waals surface area contributed by atoms with Gasteiger partial charge in [0.15, 0.2) is 0 Å². The van der Waals surface area contributed by atoms with Gasteiger partial charge in [-0.15, -0.1) is 0 Å². The van der Waals surface area contributed by atoms with E-state index in [1.54, 1.807) is 24.3 Å². The molecule has 7 heteroatoms. The van der Waals surface area contributed by atoms with E-state index in [2.05, 4.69) is 10.3 Å². The molecule has 3 rings (SSSR count). The number of nitro groups is 1. The number of nitrogens with zero attached hydrogens (tertiary/aromatic N) is 2. The van der Waals surface area contributed by atoms with Crippen LogP contribution in [0.15, 0.2) is 39.5 Å². The van der Waals surface area contributed by atoms with Crippen molar-refractivity contribution in [3.05, 3.63) is 50.7 Å². The zero-order valence-electron chi connectivity index (χ0n) is 10.4. The number of nitrogens with one attached hydrogen (secondary N) is 1. The second-order valence-electron chi connectivity index (χ2n) is 4.14. The Morgan fingerprint density at radius 2 is 2.05 bits per heavy atom.